The molecule has 1 heterocycles. The van der Waals surface area contributed by atoms with E-state index in [1.165, 1.54) is 0 Å². The third-order valence-corrected chi connectivity index (χ3v) is 3.22. The lowest BCUT2D eigenvalue weighted by Gasteiger charge is -2.53. The van der Waals surface area contributed by atoms with Crippen LogP contribution in [0.5, 0.6) is 0 Å². The molecule has 1 saturated carbocycles. The van der Waals surface area contributed by atoms with Crippen molar-refractivity contribution < 1.29 is 10.2 Å². The molecule has 2 rings (SSSR count). The molecule has 0 amide bonds. The van der Waals surface area contributed by atoms with Crippen LogP contribution in [0.4, 0.5) is 0 Å². The van der Waals surface area contributed by atoms with Gasteiger partial charge in [-0.3, -0.25) is 0 Å². The van der Waals surface area contributed by atoms with Gasteiger partial charge in [0, 0.05) is 18.4 Å². The Kier molecular flexibility index (Phi) is 1.67. The van der Waals surface area contributed by atoms with E-state index in [0.717, 1.165) is 25.9 Å². The van der Waals surface area contributed by atoms with Gasteiger partial charge in [-0.05, 0) is 19.4 Å². The van der Waals surface area contributed by atoms with Crippen LogP contribution >= 0.6 is 0 Å². The van der Waals surface area contributed by atoms with Gasteiger partial charge in [0.25, 0.3) is 0 Å². The maximum absolute atomic E-state index is 9.49. The molecule has 1 aliphatic carbocycles. The van der Waals surface area contributed by atoms with E-state index in [2.05, 4.69) is 5.32 Å². The van der Waals surface area contributed by atoms with E-state index in [1.54, 1.807) is 0 Å². The number of piperidine rings is 1. The summed E-state index contributed by atoms with van der Waals surface area (Å²) in [4.78, 5) is 0. The summed E-state index contributed by atoms with van der Waals surface area (Å²) < 4.78 is 0. The molecular formula is C8H15NO2. The molecule has 0 radical (unpaired) electrons. The molecule has 1 aliphatic heterocycles. The molecule has 3 N–H and O–H groups in total. The van der Waals surface area contributed by atoms with Crippen LogP contribution in [-0.2, 0) is 0 Å². The van der Waals surface area contributed by atoms with Gasteiger partial charge in [-0.1, -0.05) is 0 Å². The van der Waals surface area contributed by atoms with Gasteiger partial charge in [0.15, 0.2) is 0 Å². The second-order valence-electron chi connectivity index (χ2n) is 3.78. The van der Waals surface area contributed by atoms with Gasteiger partial charge >= 0.3 is 0 Å². The molecule has 0 aromatic carbocycles. The number of aliphatic hydroxyl groups excluding tert-OH is 2. The third-order valence-electron chi connectivity index (χ3n) is 3.22. The van der Waals surface area contributed by atoms with E-state index in [1.807, 2.05) is 0 Å². The van der Waals surface area contributed by atoms with Gasteiger partial charge in [-0.2, -0.15) is 0 Å². The summed E-state index contributed by atoms with van der Waals surface area (Å²) in [6.45, 7) is 1.82. The SMILES string of the molecule is OC1CC(O)C12CCCNC2. The van der Waals surface area contributed by atoms with E-state index in [0.29, 0.717) is 6.42 Å². The number of hydrogen-bond donors (Lipinski definition) is 3. The Bertz CT molecular complexity index is 144. The van der Waals surface area contributed by atoms with Crippen molar-refractivity contribution in [3.63, 3.8) is 0 Å². The van der Waals surface area contributed by atoms with Gasteiger partial charge in [0.2, 0.25) is 0 Å². The summed E-state index contributed by atoms with van der Waals surface area (Å²) in [6.07, 6.45) is 2.08. The monoisotopic (exact) mass is 157 g/mol. The molecule has 1 saturated heterocycles. The minimum absolute atomic E-state index is 0.182. The van der Waals surface area contributed by atoms with Crippen LogP contribution < -0.4 is 5.32 Å². The van der Waals surface area contributed by atoms with Crippen molar-refractivity contribution in [1.82, 2.24) is 5.32 Å². The third kappa shape index (κ3) is 0.916. The highest BCUT2D eigenvalue weighted by molar-refractivity contribution is 5.05. The number of hydrogen-bond acceptors (Lipinski definition) is 3. The van der Waals surface area contributed by atoms with Crippen molar-refractivity contribution in [1.29, 1.82) is 0 Å². The first-order chi connectivity index (χ1) is 5.26. The first-order valence-electron chi connectivity index (χ1n) is 4.32. The Morgan fingerprint density at radius 3 is 2.36 bits per heavy atom. The molecular weight excluding hydrogens is 142 g/mol. The molecule has 0 aromatic rings. The minimum Gasteiger partial charge on any atom is -0.392 e. The first-order valence-corrected chi connectivity index (χ1v) is 4.32. The van der Waals surface area contributed by atoms with E-state index in [9.17, 15) is 10.2 Å². The zero-order valence-electron chi connectivity index (χ0n) is 6.58. The fourth-order valence-corrected chi connectivity index (χ4v) is 2.26. The number of nitrogens with one attached hydrogen (secondary N) is 1. The van der Waals surface area contributed by atoms with Gasteiger partial charge in [0.05, 0.1) is 12.2 Å². The molecule has 0 aromatic heterocycles. The van der Waals surface area contributed by atoms with Gasteiger partial charge < -0.3 is 15.5 Å². The van der Waals surface area contributed by atoms with Crippen LogP contribution in [0.1, 0.15) is 19.3 Å². The summed E-state index contributed by atoms with van der Waals surface area (Å²) in [6, 6.07) is 0. The Labute approximate surface area is 66.4 Å². The standard InChI is InChI=1S/C8H15NO2/c10-6-4-7(11)8(6)2-1-3-9-5-8/h6-7,9-11H,1-5H2. The fraction of sp³-hybridized carbons (Fsp3) is 1.00. The maximum atomic E-state index is 9.49. The van der Waals surface area contributed by atoms with Crippen LogP contribution in [0, 0.1) is 5.41 Å². The Hall–Kier alpha value is -0.120. The minimum atomic E-state index is -0.273. The van der Waals surface area contributed by atoms with Crippen LogP contribution in [0.25, 0.3) is 0 Å². The normalized spacial score (nSPS) is 50.7. The largest absolute Gasteiger partial charge is 0.392 e. The van der Waals surface area contributed by atoms with Crippen molar-refractivity contribution in [3.8, 4) is 0 Å². The summed E-state index contributed by atoms with van der Waals surface area (Å²) in [5.74, 6) is 0. The van der Waals surface area contributed by atoms with Crippen LogP contribution in [0.15, 0.2) is 0 Å². The molecule has 3 heteroatoms. The zero-order chi connectivity index (χ0) is 7.90. The van der Waals surface area contributed by atoms with E-state index in [-0.39, 0.29) is 17.6 Å². The summed E-state index contributed by atoms with van der Waals surface area (Å²) >= 11 is 0. The predicted octanol–water partition coefficient (Wildman–Crippen LogP) is -0.518. The van der Waals surface area contributed by atoms with Crippen molar-refractivity contribution in [3.05, 3.63) is 0 Å². The molecule has 2 atom stereocenters. The summed E-state index contributed by atoms with van der Waals surface area (Å²) in [5.41, 5.74) is -0.182. The molecule has 2 fully saturated rings. The van der Waals surface area contributed by atoms with Gasteiger partial charge in [-0.25, -0.2) is 0 Å². The number of rotatable bonds is 0. The highest BCUT2D eigenvalue weighted by atomic mass is 16.3. The first kappa shape index (κ1) is 7.53. The Morgan fingerprint density at radius 1 is 1.27 bits per heavy atom. The molecule has 2 unspecified atom stereocenters. The second-order valence-corrected chi connectivity index (χ2v) is 3.78. The summed E-state index contributed by atoms with van der Waals surface area (Å²) in [7, 11) is 0. The van der Waals surface area contributed by atoms with E-state index >= 15 is 0 Å². The van der Waals surface area contributed by atoms with E-state index < -0.39 is 0 Å². The fourth-order valence-electron chi connectivity index (χ4n) is 2.26. The van der Waals surface area contributed by atoms with Gasteiger partial charge in [-0.15, -0.1) is 0 Å². The topological polar surface area (TPSA) is 52.5 Å². The Balaban J connectivity index is 2.06. The van der Waals surface area contributed by atoms with E-state index in [4.69, 9.17) is 0 Å². The maximum Gasteiger partial charge on any atom is 0.0658 e. The molecule has 3 nitrogen and oxygen atoms in total. The lowest BCUT2D eigenvalue weighted by atomic mass is 9.60. The Morgan fingerprint density at radius 2 is 2.00 bits per heavy atom. The van der Waals surface area contributed by atoms with Crippen molar-refractivity contribution in [2.45, 2.75) is 31.5 Å². The molecule has 64 valence electrons. The highest BCUT2D eigenvalue weighted by Gasteiger charge is 2.53. The number of aliphatic hydroxyl groups is 2. The van der Waals surface area contributed by atoms with Crippen LogP contribution in [-0.4, -0.2) is 35.5 Å². The molecule has 1 spiro atoms. The lowest BCUT2D eigenvalue weighted by molar-refractivity contribution is -0.175. The average molecular weight is 157 g/mol. The van der Waals surface area contributed by atoms with Crippen molar-refractivity contribution in [2.24, 2.45) is 5.41 Å². The predicted molar refractivity (Wildman–Crippen MR) is 41.2 cm³/mol. The van der Waals surface area contributed by atoms with Crippen molar-refractivity contribution >= 4 is 0 Å². The van der Waals surface area contributed by atoms with Crippen LogP contribution in [0.2, 0.25) is 0 Å². The summed E-state index contributed by atoms with van der Waals surface area (Å²) in [5, 5.41) is 22.2. The van der Waals surface area contributed by atoms with Crippen molar-refractivity contribution in [2.75, 3.05) is 13.1 Å². The quantitative estimate of drug-likeness (QED) is 0.443. The molecule has 11 heavy (non-hydrogen) atoms. The van der Waals surface area contributed by atoms with Gasteiger partial charge in [0.1, 0.15) is 0 Å². The van der Waals surface area contributed by atoms with Crippen LogP contribution in [0.3, 0.4) is 0 Å². The molecule has 2 aliphatic rings. The average Bonchev–Trinajstić information content (AvgIpc) is 2.07. The smallest absolute Gasteiger partial charge is 0.0658 e. The molecule has 0 bridgehead atoms. The lowest BCUT2D eigenvalue weighted by Crippen LogP contribution is -2.63. The zero-order valence-corrected chi connectivity index (χ0v) is 6.58. The second kappa shape index (κ2) is 2.44. The highest BCUT2D eigenvalue weighted by Crippen LogP contribution is 2.45.